The van der Waals surface area contributed by atoms with Gasteiger partial charge in [-0.15, -0.1) is 0 Å². The summed E-state index contributed by atoms with van der Waals surface area (Å²) in [7, 11) is 1.66. The second-order valence-corrected chi connectivity index (χ2v) is 8.23. The maximum atomic E-state index is 13.0. The molecule has 1 fully saturated rings. The Kier molecular flexibility index (Phi) is 6.38. The molecule has 1 aromatic heterocycles. The largest absolute Gasteiger partial charge is 0.497 e. The van der Waals surface area contributed by atoms with Crippen molar-refractivity contribution in [2.45, 2.75) is 37.5 Å². The number of benzene rings is 2. The van der Waals surface area contributed by atoms with E-state index in [0.717, 1.165) is 47.4 Å². The van der Waals surface area contributed by atoms with Crippen LogP contribution in [0.2, 0.25) is 0 Å². The number of anilines is 1. The van der Waals surface area contributed by atoms with Crippen LogP contribution in [0.1, 0.15) is 25.3 Å². The molecule has 156 valence electrons. The third-order valence-electron chi connectivity index (χ3n) is 5.07. The average molecular weight is 423 g/mol. The summed E-state index contributed by atoms with van der Waals surface area (Å²) < 4.78 is 5.22. The summed E-state index contributed by atoms with van der Waals surface area (Å²) >= 11 is 1.40. The topological polar surface area (TPSA) is 67.4 Å². The highest BCUT2D eigenvalue weighted by atomic mass is 32.2. The van der Waals surface area contributed by atoms with Crippen molar-refractivity contribution < 1.29 is 9.53 Å². The van der Waals surface area contributed by atoms with Crippen LogP contribution in [-0.2, 0) is 11.3 Å². The Labute approximate surface area is 181 Å². The molecule has 0 spiro atoms. The number of nitrogens with zero attached hydrogens (tertiary/aromatic N) is 3. The molecule has 1 aliphatic carbocycles. The number of hydrogen-bond acceptors (Lipinski definition) is 6. The standard InChI is InChI=1S/C23H26N4O2S/c1-3-24-22-19-6-4-5-7-20(19)25-23(26-22)30-15-21(28)27(17-10-11-17)14-16-8-12-18(29-2)13-9-16/h4-9,12-13,17H,3,10-11,14-15H2,1-2H3,(H,24,25,26). The molecule has 4 rings (SSSR count). The Morgan fingerprint density at radius 1 is 1.17 bits per heavy atom. The zero-order chi connectivity index (χ0) is 20.9. The molecule has 0 saturated heterocycles. The van der Waals surface area contributed by atoms with Crippen molar-refractivity contribution in [1.29, 1.82) is 0 Å². The van der Waals surface area contributed by atoms with Gasteiger partial charge >= 0.3 is 0 Å². The highest BCUT2D eigenvalue weighted by Crippen LogP contribution is 2.30. The summed E-state index contributed by atoms with van der Waals surface area (Å²) in [4.78, 5) is 24.3. The summed E-state index contributed by atoms with van der Waals surface area (Å²) in [5.41, 5.74) is 1.99. The first kappa shape index (κ1) is 20.5. The minimum atomic E-state index is 0.125. The molecule has 0 bridgehead atoms. The number of carbonyl (C=O) groups excluding carboxylic acids is 1. The van der Waals surface area contributed by atoms with Crippen LogP contribution in [0.5, 0.6) is 5.75 Å². The van der Waals surface area contributed by atoms with Crippen molar-refractivity contribution in [1.82, 2.24) is 14.9 Å². The Morgan fingerprint density at radius 2 is 1.93 bits per heavy atom. The van der Waals surface area contributed by atoms with Crippen molar-refractivity contribution in [3.8, 4) is 5.75 Å². The van der Waals surface area contributed by atoms with Crippen molar-refractivity contribution in [2.75, 3.05) is 24.7 Å². The lowest BCUT2D eigenvalue weighted by atomic mass is 10.2. The van der Waals surface area contributed by atoms with Gasteiger partial charge in [-0.25, -0.2) is 9.97 Å². The fourth-order valence-electron chi connectivity index (χ4n) is 3.37. The first-order valence-electron chi connectivity index (χ1n) is 10.2. The van der Waals surface area contributed by atoms with Gasteiger partial charge in [0.1, 0.15) is 11.6 Å². The van der Waals surface area contributed by atoms with Crippen LogP contribution < -0.4 is 10.1 Å². The van der Waals surface area contributed by atoms with Crippen LogP contribution in [0.15, 0.2) is 53.7 Å². The molecule has 1 aliphatic rings. The fraction of sp³-hybridized carbons (Fsp3) is 0.348. The Bertz CT molecular complexity index is 1020. The quantitative estimate of drug-likeness (QED) is 0.408. The number of fused-ring (bicyclic) bond motifs is 1. The Morgan fingerprint density at radius 3 is 2.63 bits per heavy atom. The van der Waals surface area contributed by atoms with Gasteiger partial charge in [0.25, 0.3) is 0 Å². The third-order valence-corrected chi connectivity index (χ3v) is 5.90. The first-order chi connectivity index (χ1) is 14.7. The van der Waals surface area contributed by atoms with E-state index in [2.05, 4.69) is 15.3 Å². The van der Waals surface area contributed by atoms with Crippen LogP contribution in [0.3, 0.4) is 0 Å². The molecule has 0 radical (unpaired) electrons. The molecule has 2 aromatic carbocycles. The lowest BCUT2D eigenvalue weighted by Gasteiger charge is -2.22. The van der Waals surface area contributed by atoms with E-state index in [1.165, 1.54) is 11.8 Å². The van der Waals surface area contributed by atoms with E-state index in [0.29, 0.717) is 23.5 Å². The molecule has 1 N–H and O–H groups in total. The van der Waals surface area contributed by atoms with Crippen LogP contribution in [0.4, 0.5) is 5.82 Å². The zero-order valence-electron chi connectivity index (χ0n) is 17.3. The number of para-hydroxylation sites is 1. The van der Waals surface area contributed by atoms with E-state index in [9.17, 15) is 4.79 Å². The number of carbonyl (C=O) groups is 1. The highest BCUT2D eigenvalue weighted by Gasteiger charge is 2.32. The van der Waals surface area contributed by atoms with Gasteiger partial charge in [-0.1, -0.05) is 36.0 Å². The number of aromatic nitrogens is 2. The maximum Gasteiger partial charge on any atom is 0.233 e. The first-order valence-corrected chi connectivity index (χ1v) is 11.2. The maximum absolute atomic E-state index is 13.0. The van der Waals surface area contributed by atoms with E-state index in [1.54, 1.807) is 7.11 Å². The van der Waals surface area contributed by atoms with E-state index >= 15 is 0 Å². The molecule has 7 heteroatoms. The molecule has 3 aromatic rings. The van der Waals surface area contributed by atoms with Crippen molar-refractivity contribution in [2.24, 2.45) is 0 Å². The molecular formula is C23H26N4O2S. The van der Waals surface area contributed by atoms with Gasteiger partial charge in [0.15, 0.2) is 5.16 Å². The molecule has 0 aliphatic heterocycles. The third kappa shape index (κ3) is 4.84. The van der Waals surface area contributed by atoms with E-state index in [1.807, 2.05) is 60.4 Å². The van der Waals surface area contributed by atoms with Crippen LogP contribution >= 0.6 is 11.8 Å². The van der Waals surface area contributed by atoms with Gasteiger partial charge in [-0.05, 0) is 49.6 Å². The van der Waals surface area contributed by atoms with Crippen LogP contribution in [-0.4, -0.2) is 46.2 Å². The lowest BCUT2D eigenvalue weighted by Crippen LogP contribution is -2.34. The number of ether oxygens (including phenoxy) is 1. The highest BCUT2D eigenvalue weighted by molar-refractivity contribution is 7.99. The summed E-state index contributed by atoms with van der Waals surface area (Å²) in [6.07, 6.45) is 2.15. The zero-order valence-corrected chi connectivity index (χ0v) is 18.1. The summed E-state index contributed by atoms with van der Waals surface area (Å²) in [6, 6.07) is 16.2. The monoisotopic (exact) mass is 422 g/mol. The molecule has 0 atom stereocenters. The smallest absolute Gasteiger partial charge is 0.233 e. The Hall–Kier alpha value is -2.80. The molecule has 30 heavy (non-hydrogen) atoms. The number of hydrogen-bond donors (Lipinski definition) is 1. The number of methoxy groups -OCH3 is 1. The fourth-order valence-corrected chi connectivity index (χ4v) is 4.10. The SMILES string of the molecule is CCNc1nc(SCC(=O)N(Cc2ccc(OC)cc2)C2CC2)nc2ccccc12. The second-order valence-electron chi connectivity index (χ2n) is 7.29. The van der Waals surface area contributed by atoms with E-state index < -0.39 is 0 Å². The number of amides is 1. The number of thioether (sulfide) groups is 1. The number of nitrogens with one attached hydrogen (secondary N) is 1. The van der Waals surface area contributed by atoms with E-state index in [-0.39, 0.29) is 5.91 Å². The second kappa shape index (κ2) is 9.34. The minimum absolute atomic E-state index is 0.125. The molecule has 1 saturated carbocycles. The van der Waals surface area contributed by atoms with Crippen molar-refractivity contribution >= 4 is 34.4 Å². The van der Waals surface area contributed by atoms with Gasteiger partial charge in [0.05, 0.1) is 18.4 Å². The van der Waals surface area contributed by atoms with Gasteiger partial charge in [-0.2, -0.15) is 0 Å². The predicted octanol–water partition coefficient (Wildman–Crippen LogP) is 4.35. The summed E-state index contributed by atoms with van der Waals surface area (Å²) in [5.74, 6) is 2.09. The molecule has 1 amide bonds. The van der Waals surface area contributed by atoms with Gasteiger partial charge in [-0.3, -0.25) is 4.79 Å². The van der Waals surface area contributed by atoms with E-state index in [4.69, 9.17) is 4.74 Å². The molecule has 6 nitrogen and oxygen atoms in total. The molecular weight excluding hydrogens is 396 g/mol. The summed E-state index contributed by atoms with van der Waals surface area (Å²) in [5, 5.41) is 4.92. The van der Waals surface area contributed by atoms with Gasteiger partial charge in [0, 0.05) is 24.5 Å². The van der Waals surface area contributed by atoms with Crippen molar-refractivity contribution in [3.63, 3.8) is 0 Å². The van der Waals surface area contributed by atoms with Crippen molar-refractivity contribution in [3.05, 3.63) is 54.1 Å². The van der Waals surface area contributed by atoms with Gasteiger partial charge in [0.2, 0.25) is 5.91 Å². The molecule has 0 unspecified atom stereocenters. The van der Waals surface area contributed by atoms with Crippen LogP contribution in [0.25, 0.3) is 10.9 Å². The lowest BCUT2D eigenvalue weighted by molar-refractivity contribution is -0.129. The normalized spacial score (nSPS) is 13.3. The van der Waals surface area contributed by atoms with Crippen LogP contribution in [0, 0.1) is 0 Å². The van der Waals surface area contributed by atoms with Gasteiger partial charge < -0.3 is 15.0 Å². The minimum Gasteiger partial charge on any atom is -0.497 e. The average Bonchev–Trinajstić information content (AvgIpc) is 3.62. The molecule has 1 heterocycles. The Balaban J connectivity index is 1.45. The number of rotatable bonds is 9. The predicted molar refractivity (Wildman–Crippen MR) is 121 cm³/mol. The summed E-state index contributed by atoms with van der Waals surface area (Å²) in [6.45, 7) is 3.44.